The number of carbonyl (C=O) groups is 1. The van der Waals surface area contributed by atoms with Crippen LogP contribution in [0.1, 0.15) is 11.3 Å². The Morgan fingerprint density at radius 3 is 2.73 bits per heavy atom. The van der Waals surface area contributed by atoms with E-state index in [0.29, 0.717) is 35.7 Å². The average molecular weight is 353 g/mol. The Morgan fingerprint density at radius 2 is 2.00 bits per heavy atom. The Balaban J connectivity index is 1.53. The van der Waals surface area contributed by atoms with Crippen LogP contribution in [-0.2, 0) is 13.0 Å². The van der Waals surface area contributed by atoms with Gasteiger partial charge in [-0.25, -0.2) is 18.9 Å². The summed E-state index contributed by atoms with van der Waals surface area (Å²) in [6.45, 7) is 0.715. The van der Waals surface area contributed by atoms with E-state index in [1.54, 1.807) is 29.3 Å². The van der Waals surface area contributed by atoms with Crippen LogP contribution in [0, 0.1) is 5.82 Å². The smallest absolute Gasteiger partial charge is 0.318 e. The van der Waals surface area contributed by atoms with Gasteiger partial charge in [-0.1, -0.05) is 6.07 Å². The molecule has 0 saturated carbocycles. The van der Waals surface area contributed by atoms with E-state index in [1.807, 2.05) is 0 Å². The second-order valence-corrected chi connectivity index (χ2v) is 6.01. The Hall–Kier alpha value is -3.42. The summed E-state index contributed by atoms with van der Waals surface area (Å²) in [5, 5.41) is 5.78. The third kappa shape index (κ3) is 2.97. The summed E-state index contributed by atoms with van der Waals surface area (Å²) in [5.74, 6) is 0.147. The highest BCUT2D eigenvalue weighted by molar-refractivity contribution is 5.89. The van der Waals surface area contributed by atoms with Gasteiger partial charge >= 0.3 is 6.03 Å². The lowest BCUT2D eigenvalue weighted by Gasteiger charge is -2.26. The van der Waals surface area contributed by atoms with Crippen molar-refractivity contribution < 1.29 is 9.18 Å². The molecular weight excluding hydrogens is 337 g/mol. The molecular formula is C18H16FN5O2. The van der Waals surface area contributed by atoms with Gasteiger partial charge in [-0.3, -0.25) is 9.89 Å². The molecule has 1 aliphatic heterocycles. The van der Waals surface area contributed by atoms with Crippen LogP contribution < -0.4 is 10.9 Å². The third-order valence-corrected chi connectivity index (χ3v) is 4.31. The molecule has 2 aromatic heterocycles. The van der Waals surface area contributed by atoms with Crippen molar-refractivity contribution in [2.45, 2.75) is 13.0 Å². The van der Waals surface area contributed by atoms with E-state index in [0.717, 1.165) is 0 Å². The summed E-state index contributed by atoms with van der Waals surface area (Å²) >= 11 is 0. The van der Waals surface area contributed by atoms with Crippen molar-refractivity contribution in [1.82, 2.24) is 19.7 Å². The van der Waals surface area contributed by atoms with Crippen molar-refractivity contribution in [3.63, 3.8) is 0 Å². The number of anilines is 1. The van der Waals surface area contributed by atoms with Crippen LogP contribution in [0.4, 0.5) is 14.9 Å². The molecule has 0 radical (unpaired) electrons. The number of benzene rings is 1. The quantitative estimate of drug-likeness (QED) is 0.741. The topological polar surface area (TPSA) is 83.0 Å². The molecule has 1 aliphatic rings. The fourth-order valence-electron chi connectivity index (χ4n) is 2.98. The molecule has 1 aromatic carbocycles. The molecule has 2 amide bonds. The number of aromatic amines is 1. The molecule has 8 heteroatoms. The third-order valence-electron chi connectivity index (χ3n) is 4.31. The SMILES string of the molecule is O=C(Nc1ccc(F)cc1)N1CCc2c([nH]n(-c3ccccn3)c2=O)C1. The molecule has 3 aromatic rings. The first kappa shape index (κ1) is 16.1. The maximum atomic E-state index is 13.0. The minimum Gasteiger partial charge on any atom is -0.318 e. The highest BCUT2D eigenvalue weighted by atomic mass is 19.1. The minimum atomic E-state index is -0.362. The molecule has 26 heavy (non-hydrogen) atoms. The largest absolute Gasteiger partial charge is 0.322 e. The van der Waals surface area contributed by atoms with Crippen molar-refractivity contribution in [2.24, 2.45) is 0 Å². The molecule has 0 aliphatic carbocycles. The average Bonchev–Trinajstić information content (AvgIpc) is 3.00. The molecule has 0 spiro atoms. The molecule has 132 valence electrons. The van der Waals surface area contributed by atoms with Crippen LogP contribution in [0.5, 0.6) is 0 Å². The van der Waals surface area contributed by atoms with E-state index in [4.69, 9.17) is 0 Å². The number of carbonyl (C=O) groups excluding carboxylic acids is 1. The summed E-state index contributed by atoms with van der Waals surface area (Å²) in [4.78, 5) is 30.8. The van der Waals surface area contributed by atoms with Gasteiger partial charge in [0.1, 0.15) is 5.82 Å². The number of nitrogens with one attached hydrogen (secondary N) is 2. The molecule has 4 rings (SSSR count). The van der Waals surface area contributed by atoms with Crippen molar-refractivity contribution in [3.05, 3.63) is 76.1 Å². The highest BCUT2D eigenvalue weighted by Crippen LogP contribution is 2.17. The number of aromatic nitrogens is 3. The predicted octanol–water partition coefficient (Wildman–Crippen LogP) is 2.29. The zero-order valence-corrected chi connectivity index (χ0v) is 13.8. The van der Waals surface area contributed by atoms with Gasteiger partial charge in [-0.05, 0) is 42.8 Å². The summed E-state index contributed by atoms with van der Waals surface area (Å²) in [6, 6.07) is 10.6. The van der Waals surface area contributed by atoms with Crippen LogP contribution in [0.2, 0.25) is 0 Å². The summed E-state index contributed by atoms with van der Waals surface area (Å²) in [7, 11) is 0. The highest BCUT2D eigenvalue weighted by Gasteiger charge is 2.26. The lowest BCUT2D eigenvalue weighted by molar-refractivity contribution is 0.205. The molecule has 0 bridgehead atoms. The molecule has 0 atom stereocenters. The summed E-state index contributed by atoms with van der Waals surface area (Å²) < 4.78 is 14.4. The number of halogens is 1. The number of hydrogen-bond donors (Lipinski definition) is 2. The second-order valence-electron chi connectivity index (χ2n) is 6.01. The maximum Gasteiger partial charge on any atom is 0.322 e. The van der Waals surface area contributed by atoms with Gasteiger partial charge in [-0.2, -0.15) is 0 Å². The Morgan fingerprint density at radius 1 is 1.19 bits per heavy atom. The normalized spacial score (nSPS) is 13.3. The fourth-order valence-corrected chi connectivity index (χ4v) is 2.98. The number of fused-ring (bicyclic) bond motifs is 1. The molecule has 2 N–H and O–H groups in total. The lowest BCUT2D eigenvalue weighted by atomic mass is 10.1. The maximum absolute atomic E-state index is 13.0. The van der Waals surface area contributed by atoms with Gasteiger partial charge in [0.25, 0.3) is 5.56 Å². The van der Waals surface area contributed by atoms with Gasteiger partial charge in [0.2, 0.25) is 0 Å². The van der Waals surface area contributed by atoms with Crippen LogP contribution in [0.25, 0.3) is 5.82 Å². The number of pyridine rings is 1. The molecule has 3 heterocycles. The van der Waals surface area contributed by atoms with Gasteiger partial charge in [0.15, 0.2) is 5.82 Å². The van der Waals surface area contributed by atoms with Crippen molar-refractivity contribution in [1.29, 1.82) is 0 Å². The molecule has 7 nitrogen and oxygen atoms in total. The van der Waals surface area contributed by atoms with E-state index in [2.05, 4.69) is 15.4 Å². The van der Waals surface area contributed by atoms with Crippen LogP contribution in [0.3, 0.4) is 0 Å². The first-order chi connectivity index (χ1) is 12.6. The van der Waals surface area contributed by atoms with Crippen molar-refractivity contribution in [3.8, 4) is 5.82 Å². The summed E-state index contributed by atoms with van der Waals surface area (Å²) in [6.07, 6.45) is 2.07. The van der Waals surface area contributed by atoms with E-state index in [-0.39, 0.29) is 24.0 Å². The first-order valence-electron chi connectivity index (χ1n) is 8.17. The number of nitrogens with zero attached hydrogens (tertiary/aromatic N) is 3. The number of amides is 2. The Kier molecular flexibility index (Phi) is 4.00. The Bertz CT molecular complexity index is 995. The van der Waals surface area contributed by atoms with Crippen molar-refractivity contribution >= 4 is 11.7 Å². The zero-order valence-electron chi connectivity index (χ0n) is 13.8. The van der Waals surface area contributed by atoms with E-state index < -0.39 is 0 Å². The van der Waals surface area contributed by atoms with E-state index >= 15 is 0 Å². The monoisotopic (exact) mass is 353 g/mol. The number of rotatable bonds is 2. The number of hydrogen-bond acceptors (Lipinski definition) is 3. The summed E-state index contributed by atoms with van der Waals surface area (Å²) in [5.41, 5.74) is 1.74. The standard InChI is InChI=1S/C18H16FN5O2/c19-12-4-6-13(7-5-12)21-18(26)23-10-8-14-15(11-23)22-24(17(14)25)16-3-1-2-9-20-16/h1-7,9,22H,8,10-11H2,(H,21,26). The number of urea groups is 1. The minimum absolute atomic E-state index is 0.141. The van der Waals surface area contributed by atoms with Crippen LogP contribution >= 0.6 is 0 Å². The van der Waals surface area contributed by atoms with Gasteiger partial charge in [-0.15, -0.1) is 0 Å². The molecule has 0 saturated heterocycles. The van der Waals surface area contributed by atoms with E-state index in [1.165, 1.54) is 28.9 Å². The predicted molar refractivity (Wildman–Crippen MR) is 93.7 cm³/mol. The van der Waals surface area contributed by atoms with Gasteiger partial charge in [0.05, 0.1) is 12.2 Å². The number of H-pyrrole nitrogens is 1. The van der Waals surface area contributed by atoms with Crippen LogP contribution in [0.15, 0.2) is 53.5 Å². The van der Waals surface area contributed by atoms with E-state index in [9.17, 15) is 14.0 Å². The lowest BCUT2D eigenvalue weighted by Crippen LogP contribution is -2.39. The van der Waals surface area contributed by atoms with Crippen LogP contribution in [-0.4, -0.2) is 32.2 Å². The van der Waals surface area contributed by atoms with Gasteiger partial charge in [0, 0.05) is 24.0 Å². The second kappa shape index (κ2) is 6.47. The first-order valence-corrected chi connectivity index (χ1v) is 8.17. The molecule has 0 fully saturated rings. The zero-order chi connectivity index (χ0) is 18.1. The molecule has 0 unspecified atom stereocenters. The van der Waals surface area contributed by atoms with Crippen molar-refractivity contribution in [2.75, 3.05) is 11.9 Å². The fraction of sp³-hybridized carbons (Fsp3) is 0.167. The Labute approximate surface area is 148 Å². The van der Waals surface area contributed by atoms with Gasteiger partial charge < -0.3 is 10.2 Å².